The van der Waals surface area contributed by atoms with E-state index in [1.165, 1.54) is 28.4 Å². The highest BCUT2D eigenvalue weighted by molar-refractivity contribution is 7.16. The zero-order valence-electron chi connectivity index (χ0n) is 9.66. The van der Waals surface area contributed by atoms with Crippen molar-refractivity contribution in [2.75, 3.05) is 5.32 Å². The maximum absolute atomic E-state index is 12.1. The Bertz CT molecular complexity index is 774. The first-order valence-electron chi connectivity index (χ1n) is 5.46. The highest BCUT2D eigenvalue weighted by atomic mass is 32.1. The third kappa shape index (κ3) is 2.25. The summed E-state index contributed by atoms with van der Waals surface area (Å²) in [4.78, 5) is 28.6. The summed E-state index contributed by atoms with van der Waals surface area (Å²) in [6.45, 7) is -0.0867. The van der Waals surface area contributed by atoms with Crippen LogP contribution in [0.1, 0.15) is 0 Å². The fourth-order valence-corrected chi connectivity index (χ4v) is 2.40. The SMILES string of the molecule is O=C(Cn1cnc2sccc2c1=O)Nc1ccn[nH]1. The molecule has 96 valence electrons. The third-order valence-corrected chi connectivity index (χ3v) is 3.36. The van der Waals surface area contributed by atoms with Crippen molar-refractivity contribution in [2.24, 2.45) is 0 Å². The summed E-state index contributed by atoms with van der Waals surface area (Å²) in [6.07, 6.45) is 2.91. The lowest BCUT2D eigenvalue weighted by Gasteiger charge is -2.05. The summed E-state index contributed by atoms with van der Waals surface area (Å²) in [5.74, 6) is 0.172. The lowest BCUT2D eigenvalue weighted by Crippen LogP contribution is -2.27. The van der Waals surface area contributed by atoms with Crippen LogP contribution in [0.15, 0.2) is 34.8 Å². The van der Waals surface area contributed by atoms with E-state index in [4.69, 9.17) is 0 Å². The molecule has 0 saturated heterocycles. The van der Waals surface area contributed by atoms with Crippen molar-refractivity contribution in [1.29, 1.82) is 0 Å². The van der Waals surface area contributed by atoms with Gasteiger partial charge in [0.25, 0.3) is 5.56 Å². The number of carbonyl (C=O) groups excluding carboxylic acids is 1. The Morgan fingerprint density at radius 3 is 3.16 bits per heavy atom. The topological polar surface area (TPSA) is 92.7 Å². The van der Waals surface area contributed by atoms with Crippen LogP contribution < -0.4 is 10.9 Å². The number of aromatic nitrogens is 4. The number of H-pyrrole nitrogens is 1. The van der Waals surface area contributed by atoms with E-state index < -0.39 is 0 Å². The van der Waals surface area contributed by atoms with Crippen LogP contribution in [0.2, 0.25) is 0 Å². The molecule has 3 aromatic heterocycles. The zero-order valence-corrected chi connectivity index (χ0v) is 10.5. The molecule has 0 aliphatic heterocycles. The molecule has 2 N–H and O–H groups in total. The summed E-state index contributed by atoms with van der Waals surface area (Å²) in [6, 6.07) is 3.33. The van der Waals surface area contributed by atoms with Crippen molar-refractivity contribution >= 4 is 33.3 Å². The summed E-state index contributed by atoms with van der Waals surface area (Å²) >= 11 is 1.39. The Morgan fingerprint density at radius 2 is 2.37 bits per heavy atom. The van der Waals surface area contributed by atoms with Crippen LogP contribution >= 0.6 is 11.3 Å². The number of nitrogens with zero attached hydrogens (tertiary/aromatic N) is 3. The largest absolute Gasteiger partial charge is 0.310 e. The van der Waals surface area contributed by atoms with Gasteiger partial charge in [-0.3, -0.25) is 19.3 Å². The standard InChI is InChI=1S/C11H9N5O2S/c17-9(14-8-1-3-13-15-8)5-16-6-12-10-7(11(16)18)2-4-19-10/h1-4,6H,5H2,(H2,13,14,15,17). The van der Waals surface area contributed by atoms with Gasteiger partial charge in [-0.05, 0) is 11.4 Å². The van der Waals surface area contributed by atoms with Gasteiger partial charge in [0.15, 0.2) is 0 Å². The molecule has 0 saturated carbocycles. The predicted octanol–water partition coefficient (Wildman–Crippen LogP) is 0.820. The monoisotopic (exact) mass is 275 g/mol. The smallest absolute Gasteiger partial charge is 0.262 e. The Kier molecular flexibility index (Phi) is 2.84. The molecule has 8 heteroatoms. The molecule has 0 atom stereocenters. The predicted molar refractivity (Wildman–Crippen MR) is 71.1 cm³/mol. The second-order valence-electron chi connectivity index (χ2n) is 3.84. The molecule has 19 heavy (non-hydrogen) atoms. The summed E-state index contributed by atoms with van der Waals surface area (Å²) < 4.78 is 1.28. The number of anilines is 1. The van der Waals surface area contributed by atoms with Gasteiger partial charge in [0.2, 0.25) is 5.91 Å². The number of fused-ring (bicyclic) bond motifs is 1. The van der Waals surface area contributed by atoms with Crippen LogP contribution in [-0.2, 0) is 11.3 Å². The Hall–Kier alpha value is -2.48. The van der Waals surface area contributed by atoms with Crippen molar-refractivity contribution in [2.45, 2.75) is 6.54 Å². The molecule has 0 aromatic carbocycles. The molecular weight excluding hydrogens is 266 g/mol. The van der Waals surface area contributed by atoms with Gasteiger partial charge in [0.1, 0.15) is 17.2 Å². The van der Waals surface area contributed by atoms with E-state index in [2.05, 4.69) is 20.5 Å². The molecule has 0 aliphatic carbocycles. The minimum Gasteiger partial charge on any atom is -0.310 e. The minimum atomic E-state index is -0.317. The molecule has 0 fully saturated rings. The number of nitrogens with one attached hydrogen (secondary N) is 2. The van der Waals surface area contributed by atoms with E-state index in [1.807, 2.05) is 0 Å². The minimum absolute atomic E-state index is 0.0867. The number of thiophene rings is 1. The van der Waals surface area contributed by atoms with Gasteiger partial charge in [0.05, 0.1) is 17.9 Å². The Balaban J connectivity index is 1.83. The van der Waals surface area contributed by atoms with E-state index >= 15 is 0 Å². The fourth-order valence-electron chi connectivity index (χ4n) is 1.68. The van der Waals surface area contributed by atoms with Crippen LogP contribution in [-0.4, -0.2) is 25.7 Å². The Morgan fingerprint density at radius 1 is 1.47 bits per heavy atom. The van der Waals surface area contributed by atoms with Crippen molar-refractivity contribution in [1.82, 2.24) is 19.7 Å². The van der Waals surface area contributed by atoms with Gasteiger partial charge < -0.3 is 5.32 Å². The van der Waals surface area contributed by atoms with Gasteiger partial charge in [-0.15, -0.1) is 11.3 Å². The first-order valence-corrected chi connectivity index (χ1v) is 6.34. The first-order chi connectivity index (χ1) is 9.24. The molecule has 0 spiro atoms. The van der Waals surface area contributed by atoms with E-state index in [9.17, 15) is 9.59 Å². The second-order valence-corrected chi connectivity index (χ2v) is 4.73. The van der Waals surface area contributed by atoms with Crippen LogP contribution in [0.25, 0.3) is 10.2 Å². The third-order valence-electron chi connectivity index (χ3n) is 2.54. The van der Waals surface area contributed by atoms with Gasteiger partial charge in [-0.2, -0.15) is 5.10 Å². The number of hydrogen-bond donors (Lipinski definition) is 2. The van der Waals surface area contributed by atoms with Gasteiger partial charge in [0, 0.05) is 6.07 Å². The average molecular weight is 275 g/mol. The van der Waals surface area contributed by atoms with Crippen LogP contribution in [0.5, 0.6) is 0 Å². The number of hydrogen-bond acceptors (Lipinski definition) is 5. The zero-order chi connectivity index (χ0) is 13.2. The molecule has 7 nitrogen and oxygen atoms in total. The van der Waals surface area contributed by atoms with Crippen molar-refractivity contribution < 1.29 is 4.79 Å². The van der Waals surface area contributed by atoms with Crippen LogP contribution in [0, 0.1) is 0 Å². The van der Waals surface area contributed by atoms with Crippen LogP contribution in [0.4, 0.5) is 5.82 Å². The molecule has 0 aliphatic rings. The highest BCUT2D eigenvalue weighted by Crippen LogP contribution is 2.13. The second kappa shape index (κ2) is 4.65. The molecule has 3 aromatic rings. The van der Waals surface area contributed by atoms with E-state index in [1.54, 1.807) is 17.5 Å². The van der Waals surface area contributed by atoms with Gasteiger partial charge in [-0.25, -0.2) is 4.98 Å². The van der Waals surface area contributed by atoms with Gasteiger partial charge in [-0.1, -0.05) is 0 Å². The van der Waals surface area contributed by atoms with Crippen LogP contribution in [0.3, 0.4) is 0 Å². The van der Waals surface area contributed by atoms with E-state index in [0.29, 0.717) is 16.0 Å². The molecule has 0 unspecified atom stereocenters. The van der Waals surface area contributed by atoms with E-state index in [-0.39, 0.29) is 18.0 Å². The summed E-state index contributed by atoms with van der Waals surface area (Å²) in [5.41, 5.74) is -0.217. The van der Waals surface area contributed by atoms with Crippen molar-refractivity contribution in [3.8, 4) is 0 Å². The van der Waals surface area contributed by atoms with Crippen molar-refractivity contribution in [3.05, 3.63) is 40.4 Å². The number of aromatic amines is 1. The summed E-state index contributed by atoms with van der Waals surface area (Å²) in [5, 5.41) is 11.3. The average Bonchev–Trinajstić information content (AvgIpc) is 3.03. The normalized spacial score (nSPS) is 10.7. The fraction of sp³-hybridized carbons (Fsp3) is 0.0909. The Labute approximate surface area is 110 Å². The number of rotatable bonds is 3. The lowest BCUT2D eigenvalue weighted by molar-refractivity contribution is -0.116. The number of carbonyl (C=O) groups is 1. The number of amides is 1. The van der Waals surface area contributed by atoms with Crippen molar-refractivity contribution in [3.63, 3.8) is 0 Å². The maximum atomic E-state index is 12.1. The first kappa shape index (κ1) is 11.6. The van der Waals surface area contributed by atoms with E-state index in [0.717, 1.165) is 0 Å². The highest BCUT2D eigenvalue weighted by Gasteiger charge is 2.09. The van der Waals surface area contributed by atoms with Gasteiger partial charge >= 0.3 is 0 Å². The molecular formula is C11H9N5O2S. The quantitative estimate of drug-likeness (QED) is 0.740. The molecule has 0 radical (unpaired) electrons. The molecule has 3 rings (SSSR count). The maximum Gasteiger partial charge on any atom is 0.262 e. The molecule has 1 amide bonds. The summed E-state index contributed by atoms with van der Waals surface area (Å²) in [7, 11) is 0. The molecule has 0 bridgehead atoms. The lowest BCUT2D eigenvalue weighted by atomic mass is 10.4. The molecule has 3 heterocycles.